The lowest BCUT2D eigenvalue weighted by Crippen LogP contribution is -2.16. The molecule has 0 spiro atoms. The predicted molar refractivity (Wildman–Crippen MR) is 107 cm³/mol. The van der Waals surface area contributed by atoms with Crippen LogP contribution in [0.4, 0.5) is 4.39 Å². The van der Waals surface area contributed by atoms with E-state index in [2.05, 4.69) is 22.4 Å². The van der Waals surface area contributed by atoms with Gasteiger partial charge in [0.05, 0.1) is 6.54 Å². The van der Waals surface area contributed by atoms with Crippen molar-refractivity contribution < 1.29 is 4.39 Å². The number of hydrogen-bond donors (Lipinski definition) is 1. The van der Waals surface area contributed by atoms with Gasteiger partial charge in [0.15, 0.2) is 0 Å². The smallest absolute Gasteiger partial charge is 0.128 e. The van der Waals surface area contributed by atoms with Crippen LogP contribution in [0.1, 0.15) is 43.9 Å². The minimum absolute atomic E-state index is 0.230. The zero-order chi connectivity index (χ0) is 18.9. The first kappa shape index (κ1) is 19.2. The van der Waals surface area contributed by atoms with Gasteiger partial charge in [-0.3, -0.25) is 0 Å². The monoisotopic (exact) mass is 366 g/mol. The molecule has 0 fully saturated rings. The normalized spacial score (nSPS) is 11.0. The van der Waals surface area contributed by atoms with Gasteiger partial charge in [0.2, 0.25) is 0 Å². The summed E-state index contributed by atoms with van der Waals surface area (Å²) in [7, 11) is 0. The summed E-state index contributed by atoms with van der Waals surface area (Å²) in [5.74, 6) is -0.230. The van der Waals surface area contributed by atoms with Crippen molar-refractivity contribution in [2.75, 3.05) is 6.54 Å². The minimum atomic E-state index is -0.230. The van der Waals surface area contributed by atoms with Crippen LogP contribution < -0.4 is 5.32 Å². The quantitative estimate of drug-likeness (QED) is 0.524. The average Bonchev–Trinajstić information content (AvgIpc) is 3.10. The van der Waals surface area contributed by atoms with E-state index in [1.165, 1.54) is 25.3 Å². The molecule has 1 N–H and O–H groups in total. The van der Waals surface area contributed by atoms with Crippen molar-refractivity contribution in [3.8, 4) is 11.3 Å². The highest BCUT2D eigenvalue weighted by atomic mass is 19.1. The summed E-state index contributed by atoms with van der Waals surface area (Å²) in [6, 6.07) is 16.8. The second-order valence-corrected chi connectivity index (χ2v) is 6.72. The molecule has 0 bridgehead atoms. The first-order chi connectivity index (χ1) is 13.3. The second-order valence-electron chi connectivity index (χ2n) is 6.72. The largest absolute Gasteiger partial charge is 0.311 e. The topological polar surface area (TPSA) is 42.7 Å². The van der Waals surface area contributed by atoms with Crippen molar-refractivity contribution in [1.29, 1.82) is 0 Å². The maximum Gasteiger partial charge on any atom is 0.128 e. The molecule has 0 aliphatic carbocycles. The van der Waals surface area contributed by atoms with Crippen molar-refractivity contribution in [1.82, 2.24) is 20.3 Å². The molecule has 0 aliphatic rings. The molecular weight excluding hydrogens is 339 g/mol. The Bertz CT molecular complexity index is 829. The van der Waals surface area contributed by atoms with Crippen LogP contribution in [0.15, 0.2) is 54.6 Å². The zero-order valence-electron chi connectivity index (χ0n) is 15.9. The van der Waals surface area contributed by atoms with Gasteiger partial charge in [0.1, 0.15) is 17.2 Å². The Kier molecular flexibility index (Phi) is 7.11. The maximum absolute atomic E-state index is 14.0. The molecule has 3 aromatic rings. The molecule has 5 heteroatoms. The highest BCUT2D eigenvalue weighted by Crippen LogP contribution is 2.20. The molecule has 142 valence electrons. The third-order valence-corrected chi connectivity index (χ3v) is 4.54. The molecule has 0 saturated carbocycles. The van der Waals surface area contributed by atoms with Crippen LogP contribution in [0.2, 0.25) is 0 Å². The summed E-state index contributed by atoms with van der Waals surface area (Å²) in [5, 5.41) is 12.7. The molecule has 3 rings (SSSR count). The molecule has 0 saturated heterocycles. The number of halogens is 1. The fourth-order valence-electron chi connectivity index (χ4n) is 3.05. The van der Waals surface area contributed by atoms with E-state index in [-0.39, 0.29) is 5.82 Å². The molecule has 0 atom stereocenters. The summed E-state index contributed by atoms with van der Waals surface area (Å²) >= 11 is 0. The number of aromatic nitrogens is 3. The number of benzene rings is 2. The average molecular weight is 366 g/mol. The standard InChI is InChI=1S/C22H27FN4/c1-2-3-4-10-15-24-16-21-22(18-11-6-5-7-12-18)26-27(25-21)17-19-13-8-9-14-20(19)23/h5-9,11-14,24H,2-4,10,15-17H2,1H3. The number of nitrogens with one attached hydrogen (secondary N) is 1. The summed E-state index contributed by atoms with van der Waals surface area (Å²) in [6.45, 7) is 4.17. The van der Waals surface area contributed by atoms with Crippen LogP contribution in [0, 0.1) is 5.82 Å². The highest BCUT2D eigenvalue weighted by molar-refractivity contribution is 5.60. The summed E-state index contributed by atoms with van der Waals surface area (Å²) in [4.78, 5) is 1.59. The van der Waals surface area contributed by atoms with E-state index in [0.717, 1.165) is 29.9 Å². The fourth-order valence-corrected chi connectivity index (χ4v) is 3.05. The van der Waals surface area contributed by atoms with Crippen molar-refractivity contribution in [2.24, 2.45) is 0 Å². The van der Waals surface area contributed by atoms with Crippen LogP contribution in [0.5, 0.6) is 0 Å². The molecule has 27 heavy (non-hydrogen) atoms. The van der Waals surface area contributed by atoms with Gasteiger partial charge in [0.25, 0.3) is 0 Å². The first-order valence-corrected chi connectivity index (χ1v) is 9.71. The lowest BCUT2D eigenvalue weighted by atomic mass is 10.1. The summed E-state index contributed by atoms with van der Waals surface area (Å²) in [6.07, 6.45) is 4.92. The Balaban J connectivity index is 1.74. The molecule has 0 aliphatic heterocycles. The highest BCUT2D eigenvalue weighted by Gasteiger charge is 2.14. The van der Waals surface area contributed by atoms with Gasteiger partial charge >= 0.3 is 0 Å². The Hall–Kier alpha value is -2.53. The summed E-state index contributed by atoms with van der Waals surface area (Å²) < 4.78 is 14.0. The number of unbranched alkanes of at least 4 members (excludes halogenated alkanes) is 3. The van der Waals surface area contributed by atoms with Crippen molar-refractivity contribution >= 4 is 0 Å². The van der Waals surface area contributed by atoms with Gasteiger partial charge < -0.3 is 5.32 Å². The lowest BCUT2D eigenvalue weighted by Gasteiger charge is -2.04. The third kappa shape index (κ3) is 5.47. The Morgan fingerprint density at radius 2 is 1.70 bits per heavy atom. The van der Waals surface area contributed by atoms with E-state index >= 15 is 0 Å². The lowest BCUT2D eigenvalue weighted by molar-refractivity contribution is 0.540. The van der Waals surface area contributed by atoms with Gasteiger partial charge in [-0.05, 0) is 19.0 Å². The molecule has 1 aromatic heterocycles. The SMILES string of the molecule is CCCCCCNCc1nn(Cc2ccccc2F)nc1-c1ccccc1. The molecule has 0 radical (unpaired) electrons. The first-order valence-electron chi connectivity index (χ1n) is 9.71. The zero-order valence-corrected chi connectivity index (χ0v) is 15.9. The number of rotatable bonds is 10. The van der Waals surface area contributed by atoms with Gasteiger partial charge in [-0.15, -0.1) is 0 Å². The second kappa shape index (κ2) is 9.97. The van der Waals surface area contributed by atoms with Crippen molar-refractivity contribution in [2.45, 2.75) is 45.7 Å². The van der Waals surface area contributed by atoms with E-state index in [9.17, 15) is 4.39 Å². The number of hydrogen-bond acceptors (Lipinski definition) is 3. The molecule has 0 unspecified atom stereocenters. The maximum atomic E-state index is 14.0. The van der Waals surface area contributed by atoms with E-state index in [4.69, 9.17) is 0 Å². The summed E-state index contributed by atoms with van der Waals surface area (Å²) in [5.41, 5.74) is 3.37. The van der Waals surface area contributed by atoms with Crippen LogP contribution in [0.3, 0.4) is 0 Å². The molecule has 2 aromatic carbocycles. The van der Waals surface area contributed by atoms with E-state index in [1.807, 2.05) is 36.4 Å². The van der Waals surface area contributed by atoms with Gasteiger partial charge in [-0.1, -0.05) is 74.7 Å². The van der Waals surface area contributed by atoms with Crippen LogP contribution in [-0.4, -0.2) is 21.5 Å². The van der Waals surface area contributed by atoms with Gasteiger partial charge in [-0.2, -0.15) is 15.0 Å². The van der Waals surface area contributed by atoms with E-state index < -0.39 is 0 Å². The van der Waals surface area contributed by atoms with Gasteiger partial charge in [-0.25, -0.2) is 4.39 Å². The predicted octanol–water partition coefficient (Wildman–Crippen LogP) is 4.80. The van der Waals surface area contributed by atoms with Gasteiger partial charge in [0, 0.05) is 17.7 Å². The minimum Gasteiger partial charge on any atom is -0.311 e. The fraction of sp³-hybridized carbons (Fsp3) is 0.364. The molecular formula is C22H27FN4. The van der Waals surface area contributed by atoms with Crippen molar-refractivity contribution in [3.05, 3.63) is 71.7 Å². The molecule has 0 amide bonds. The Morgan fingerprint density at radius 1 is 0.926 bits per heavy atom. The third-order valence-electron chi connectivity index (χ3n) is 4.54. The van der Waals surface area contributed by atoms with Crippen LogP contribution in [0.25, 0.3) is 11.3 Å². The van der Waals surface area contributed by atoms with E-state index in [0.29, 0.717) is 18.7 Å². The molecule has 4 nitrogen and oxygen atoms in total. The Labute approximate surface area is 160 Å². The van der Waals surface area contributed by atoms with Crippen LogP contribution >= 0.6 is 0 Å². The van der Waals surface area contributed by atoms with E-state index in [1.54, 1.807) is 16.9 Å². The number of nitrogens with zero attached hydrogens (tertiary/aromatic N) is 3. The molecule has 1 heterocycles. The van der Waals surface area contributed by atoms with Crippen LogP contribution in [-0.2, 0) is 13.1 Å². The van der Waals surface area contributed by atoms with Crippen molar-refractivity contribution in [3.63, 3.8) is 0 Å². The Morgan fingerprint density at radius 3 is 2.48 bits per heavy atom.